The Morgan fingerprint density at radius 3 is 3.17 bits per heavy atom. The Labute approximate surface area is 73.8 Å². The van der Waals surface area contributed by atoms with Crippen LogP contribution < -0.4 is 0 Å². The molecule has 1 aromatic rings. The Morgan fingerprint density at radius 2 is 2.33 bits per heavy atom. The molecule has 1 atom stereocenters. The van der Waals surface area contributed by atoms with Crippen molar-refractivity contribution in [3.05, 3.63) is 29.8 Å². The SMILES string of the molecule is OC1=Cc2ncccc2SC1O. The standard InChI is InChI=1S/C8H7NO2S/c10-6-4-5-7(12-8(6)11)2-1-3-9-5/h1-4,8,10-11H. The first-order valence-corrected chi connectivity index (χ1v) is 4.35. The summed E-state index contributed by atoms with van der Waals surface area (Å²) in [6.45, 7) is 0. The molecule has 0 amide bonds. The molecule has 4 heteroatoms. The maximum Gasteiger partial charge on any atom is 0.161 e. The van der Waals surface area contributed by atoms with Gasteiger partial charge in [0, 0.05) is 17.2 Å². The summed E-state index contributed by atoms with van der Waals surface area (Å²) in [6, 6.07) is 3.66. The summed E-state index contributed by atoms with van der Waals surface area (Å²) in [6.07, 6.45) is 3.14. The van der Waals surface area contributed by atoms with Crippen LogP contribution in [0.2, 0.25) is 0 Å². The minimum absolute atomic E-state index is 0.0359. The van der Waals surface area contributed by atoms with Crippen molar-refractivity contribution in [3.8, 4) is 0 Å². The molecule has 0 saturated carbocycles. The zero-order chi connectivity index (χ0) is 8.55. The highest BCUT2D eigenvalue weighted by atomic mass is 32.2. The molecule has 2 N–H and O–H groups in total. The highest BCUT2D eigenvalue weighted by Crippen LogP contribution is 2.33. The lowest BCUT2D eigenvalue weighted by molar-refractivity contribution is 0.227. The summed E-state index contributed by atoms with van der Waals surface area (Å²) in [7, 11) is 0. The molecule has 1 aromatic heterocycles. The van der Waals surface area contributed by atoms with Crippen molar-refractivity contribution in [2.24, 2.45) is 0 Å². The number of aliphatic hydroxyl groups excluding tert-OH is 2. The Hall–Kier alpha value is -1.00. The summed E-state index contributed by atoms with van der Waals surface area (Å²) in [4.78, 5) is 4.93. The van der Waals surface area contributed by atoms with Crippen LogP contribution in [0.3, 0.4) is 0 Å². The van der Waals surface area contributed by atoms with E-state index >= 15 is 0 Å². The quantitative estimate of drug-likeness (QED) is 0.635. The fraction of sp³-hybridized carbons (Fsp3) is 0.125. The minimum atomic E-state index is -0.846. The van der Waals surface area contributed by atoms with Crippen LogP contribution in [0.5, 0.6) is 0 Å². The number of rotatable bonds is 0. The van der Waals surface area contributed by atoms with E-state index in [4.69, 9.17) is 0 Å². The second-order valence-corrected chi connectivity index (χ2v) is 3.55. The lowest BCUT2D eigenvalue weighted by Gasteiger charge is -2.15. The zero-order valence-corrected chi connectivity index (χ0v) is 6.95. The topological polar surface area (TPSA) is 53.4 Å². The average Bonchev–Trinajstić information content (AvgIpc) is 2.07. The molecule has 12 heavy (non-hydrogen) atoms. The molecule has 0 aromatic carbocycles. The second kappa shape index (κ2) is 2.80. The molecule has 0 radical (unpaired) electrons. The van der Waals surface area contributed by atoms with Gasteiger partial charge in [-0.05, 0) is 12.1 Å². The van der Waals surface area contributed by atoms with Gasteiger partial charge in [0.25, 0.3) is 0 Å². The number of fused-ring (bicyclic) bond motifs is 1. The molecular weight excluding hydrogens is 174 g/mol. The molecule has 0 saturated heterocycles. The Balaban J connectivity index is 2.49. The molecule has 3 nitrogen and oxygen atoms in total. The maximum absolute atomic E-state index is 9.24. The first-order chi connectivity index (χ1) is 5.77. The predicted octanol–water partition coefficient (Wildman–Crippen LogP) is 1.40. The Bertz CT molecular complexity index is 338. The third-order valence-corrected chi connectivity index (χ3v) is 2.64. The van der Waals surface area contributed by atoms with Gasteiger partial charge in [0.05, 0.1) is 5.69 Å². The molecule has 62 valence electrons. The highest BCUT2D eigenvalue weighted by Gasteiger charge is 2.19. The molecule has 0 spiro atoms. The molecule has 1 aliphatic rings. The second-order valence-electron chi connectivity index (χ2n) is 2.43. The van der Waals surface area contributed by atoms with Crippen LogP contribution in [0.25, 0.3) is 6.08 Å². The van der Waals surface area contributed by atoms with Crippen LogP contribution in [0.1, 0.15) is 5.69 Å². The normalized spacial score (nSPS) is 21.4. The van der Waals surface area contributed by atoms with E-state index in [2.05, 4.69) is 4.98 Å². The van der Waals surface area contributed by atoms with Gasteiger partial charge < -0.3 is 10.2 Å². The van der Waals surface area contributed by atoms with Gasteiger partial charge in [-0.2, -0.15) is 0 Å². The number of pyridine rings is 1. The van der Waals surface area contributed by atoms with Gasteiger partial charge in [-0.1, -0.05) is 11.8 Å². The van der Waals surface area contributed by atoms with Gasteiger partial charge >= 0.3 is 0 Å². The summed E-state index contributed by atoms with van der Waals surface area (Å²) >= 11 is 1.19. The van der Waals surface area contributed by atoms with Crippen molar-refractivity contribution in [2.75, 3.05) is 0 Å². The first-order valence-electron chi connectivity index (χ1n) is 3.47. The summed E-state index contributed by atoms with van der Waals surface area (Å²) in [5.74, 6) is -0.0359. The smallest absolute Gasteiger partial charge is 0.161 e. The van der Waals surface area contributed by atoms with Crippen molar-refractivity contribution in [1.29, 1.82) is 0 Å². The van der Waals surface area contributed by atoms with E-state index in [1.807, 2.05) is 6.07 Å². The van der Waals surface area contributed by atoms with Crippen molar-refractivity contribution < 1.29 is 10.2 Å². The lowest BCUT2D eigenvalue weighted by atomic mass is 10.3. The van der Waals surface area contributed by atoms with E-state index < -0.39 is 5.44 Å². The van der Waals surface area contributed by atoms with Crippen LogP contribution in [0, 0.1) is 0 Å². The lowest BCUT2D eigenvalue weighted by Crippen LogP contribution is -2.09. The summed E-state index contributed by atoms with van der Waals surface area (Å²) < 4.78 is 0. The van der Waals surface area contributed by atoms with Gasteiger partial charge in [0.1, 0.15) is 5.76 Å². The van der Waals surface area contributed by atoms with E-state index in [0.29, 0.717) is 5.69 Å². The molecule has 1 aliphatic heterocycles. The van der Waals surface area contributed by atoms with Crippen LogP contribution in [-0.4, -0.2) is 20.6 Å². The number of hydrogen-bond donors (Lipinski definition) is 2. The third-order valence-electron chi connectivity index (χ3n) is 1.58. The average molecular weight is 181 g/mol. The van der Waals surface area contributed by atoms with Gasteiger partial charge in [0.15, 0.2) is 5.44 Å². The number of nitrogens with zero attached hydrogens (tertiary/aromatic N) is 1. The maximum atomic E-state index is 9.24. The zero-order valence-electron chi connectivity index (χ0n) is 6.14. The number of aromatic nitrogens is 1. The predicted molar refractivity (Wildman–Crippen MR) is 46.7 cm³/mol. The fourth-order valence-electron chi connectivity index (χ4n) is 1.00. The largest absolute Gasteiger partial charge is 0.509 e. The fourth-order valence-corrected chi connectivity index (χ4v) is 1.82. The van der Waals surface area contributed by atoms with Gasteiger partial charge in [-0.15, -0.1) is 0 Å². The van der Waals surface area contributed by atoms with E-state index in [-0.39, 0.29) is 5.76 Å². The molecule has 2 heterocycles. The van der Waals surface area contributed by atoms with E-state index in [1.165, 1.54) is 17.8 Å². The van der Waals surface area contributed by atoms with Gasteiger partial charge in [0.2, 0.25) is 0 Å². The molecule has 0 bridgehead atoms. The first kappa shape index (κ1) is 7.64. The summed E-state index contributed by atoms with van der Waals surface area (Å²) in [5.41, 5.74) is -0.132. The third kappa shape index (κ3) is 1.19. The highest BCUT2D eigenvalue weighted by molar-refractivity contribution is 8.00. The van der Waals surface area contributed by atoms with E-state index in [1.54, 1.807) is 12.3 Å². The van der Waals surface area contributed by atoms with Crippen molar-refractivity contribution in [2.45, 2.75) is 10.3 Å². The number of thioether (sulfide) groups is 1. The number of hydrogen-bond acceptors (Lipinski definition) is 4. The van der Waals surface area contributed by atoms with E-state index in [9.17, 15) is 10.2 Å². The Kier molecular flexibility index (Phi) is 1.78. The van der Waals surface area contributed by atoms with Crippen molar-refractivity contribution in [3.63, 3.8) is 0 Å². The van der Waals surface area contributed by atoms with Crippen LogP contribution >= 0.6 is 11.8 Å². The van der Waals surface area contributed by atoms with Crippen molar-refractivity contribution >= 4 is 17.8 Å². The number of aliphatic hydroxyl groups is 2. The molecular formula is C8H7NO2S. The molecule has 0 fully saturated rings. The van der Waals surface area contributed by atoms with Gasteiger partial charge in [-0.25, -0.2) is 0 Å². The minimum Gasteiger partial charge on any atom is -0.509 e. The summed E-state index contributed by atoms with van der Waals surface area (Å²) in [5, 5.41) is 18.4. The molecule has 0 aliphatic carbocycles. The Morgan fingerprint density at radius 1 is 1.50 bits per heavy atom. The van der Waals surface area contributed by atoms with Gasteiger partial charge in [-0.3, -0.25) is 4.98 Å². The van der Waals surface area contributed by atoms with E-state index in [0.717, 1.165) is 4.90 Å². The molecule has 1 unspecified atom stereocenters. The van der Waals surface area contributed by atoms with Crippen LogP contribution in [-0.2, 0) is 0 Å². The van der Waals surface area contributed by atoms with Crippen LogP contribution in [0.15, 0.2) is 29.0 Å². The van der Waals surface area contributed by atoms with Crippen molar-refractivity contribution in [1.82, 2.24) is 4.98 Å². The monoisotopic (exact) mass is 181 g/mol. The van der Waals surface area contributed by atoms with Crippen LogP contribution in [0.4, 0.5) is 0 Å². The molecule has 2 rings (SSSR count).